The number of alkyl halides is 3. The van der Waals surface area contributed by atoms with Gasteiger partial charge in [-0.05, 0) is 43.2 Å². The number of nitrogens with two attached hydrogens (primary N) is 1. The van der Waals surface area contributed by atoms with Gasteiger partial charge < -0.3 is 26.8 Å². The smallest absolute Gasteiger partial charge is 0.416 e. The molecule has 2 aromatic carbocycles. The number of benzene rings is 2. The standard InChI is InChI=1S/C22H25F3N4O4/c1-12-3-4-14(13(2)7-12)9-27-10-18(21(32)33)29-19(30)11-28-20(31)16-8-15(22(23,24)25)5-6-17(16)26/h3-8,18,27H,9-11,26H2,1-2H3,(H,28,31)(H,29,30)(H,32,33)/t18-/m0/s1. The number of aryl methyl sites for hydroxylation is 2. The summed E-state index contributed by atoms with van der Waals surface area (Å²) in [6.45, 7) is 3.55. The number of carbonyl (C=O) groups is 3. The van der Waals surface area contributed by atoms with Gasteiger partial charge in [0.15, 0.2) is 0 Å². The Kier molecular flexibility index (Phi) is 8.41. The second-order valence-corrected chi connectivity index (χ2v) is 7.50. The van der Waals surface area contributed by atoms with E-state index in [1.54, 1.807) is 0 Å². The van der Waals surface area contributed by atoms with Gasteiger partial charge in [-0.1, -0.05) is 23.8 Å². The lowest BCUT2D eigenvalue weighted by Gasteiger charge is -2.17. The van der Waals surface area contributed by atoms with E-state index in [2.05, 4.69) is 16.0 Å². The topological polar surface area (TPSA) is 134 Å². The van der Waals surface area contributed by atoms with E-state index in [-0.39, 0.29) is 12.2 Å². The van der Waals surface area contributed by atoms with E-state index in [1.165, 1.54) is 0 Å². The maximum absolute atomic E-state index is 12.8. The van der Waals surface area contributed by atoms with Crippen LogP contribution in [0.1, 0.15) is 32.6 Å². The second kappa shape index (κ2) is 10.8. The SMILES string of the molecule is Cc1ccc(CNC[C@H](NC(=O)CNC(=O)c2cc(C(F)(F)F)ccc2N)C(=O)O)c(C)c1. The molecule has 1 atom stereocenters. The molecule has 0 aromatic heterocycles. The molecule has 2 aromatic rings. The number of halogens is 3. The zero-order chi connectivity index (χ0) is 24.8. The highest BCUT2D eigenvalue weighted by atomic mass is 19.4. The van der Waals surface area contributed by atoms with E-state index in [4.69, 9.17) is 5.73 Å². The van der Waals surface area contributed by atoms with Crippen molar-refractivity contribution < 1.29 is 32.7 Å². The van der Waals surface area contributed by atoms with Gasteiger partial charge in [0.25, 0.3) is 5.91 Å². The van der Waals surface area contributed by atoms with Crippen LogP contribution in [0.15, 0.2) is 36.4 Å². The molecule has 11 heteroatoms. The zero-order valence-corrected chi connectivity index (χ0v) is 18.0. The van der Waals surface area contributed by atoms with Crippen LogP contribution in [0.2, 0.25) is 0 Å². The Morgan fingerprint density at radius 2 is 1.79 bits per heavy atom. The summed E-state index contributed by atoms with van der Waals surface area (Å²) in [6.07, 6.45) is -4.67. The van der Waals surface area contributed by atoms with Crippen molar-refractivity contribution in [2.75, 3.05) is 18.8 Å². The lowest BCUT2D eigenvalue weighted by atomic mass is 10.1. The number of aliphatic carboxylic acids is 1. The summed E-state index contributed by atoms with van der Waals surface area (Å²) in [6, 6.07) is 6.83. The molecule has 33 heavy (non-hydrogen) atoms. The lowest BCUT2D eigenvalue weighted by Crippen LogP contribution is -2.50. The summed E-state index contributed by atoms with van der Waals surface area (Å²) >= 11 is 0. The average Bonchev–Trinajstić information content (AvgIpc) is 2.72. The number of anilines is 1. The van der Waals surface area contributed by atoms with E-state index in [0.717, 1.165) is 28.8 Å². The molecule has 0 saturated heterocycles. The molecule has 0 heterocycles. The van der Waals surface area contributed by atoms with Crippen molar-refractivity contribution in [3.63, 3.8) is 0 Å². The predicted molar refractivity (Wildman–Crippen MR) is 115 cm³/mol. The van der Waals surface area contributed by atoms with Crippen LogP contribution in [0, 0.1) is 13.8 Å². The Hall–Kier alpha value is -3.60. The number of rotatable bonds is 9. The first-order chi connectivity index (χ1) is 15.4. The van der Waals surface area contributed by atoms with E-state index in [0.29, 0.717) is 12.6 Å². The fourth-order valence-corrected chi connectivity index (χ4v) is 3.03. The average molecular weight is 466 g/mol. The van der Waals surface area contributed by atoms with Gasteiger partial charge in [-0.25, -0.2) is 4.79 Å². The highest BCUT2D eigenvalue weighted by Gasteiger charge is 2.31. The van der Waals surface area contributed by atoms with E-state index < -0.39 is 47.7 Å². The minimum atomic E-state index is -4.67. The summed E-state index contributed by atoms with van der Waals surface area (Å²) in [5.74, 6) is -3.10. The molecule has 2 rings (SSSR count). The van der Waals surface area contributed by atoms with Crippen molar-refractivity contribution in [3.8, 4) is 0 Å². The summed E-state index contributed by atoms with van der Waals surface area (Å²) < 4.78 is 38.5. The normalized spacial score (nSPS) is 12.2. The Balaban J connectivity index is 1.90. The van der Waals surface area contributed by atoms with Gasteiger partial charge >= 0.3 is 12.1 Å². The number of hydrogen-bond acceptors (Lipinski definition) is 5. The Morgan fingerprint density at radius 3 is 2.39 bits per heavy atom. The molecule has 0 radical (unpaired) electrons. The third-order valence-electron chi connectivity index (χ3n) is 4.83. The van der Waals surface area contributed by atoms with Crippen molar-refractivity contribution >= 4 is 23.5 Å². The number of nitrogens with one attached hydrogen (secondary N) is 3. The maximum Gasteiger partial charge on any atom is 0.416 e. The van der Waals surface area contributed by atoms with Crippen LogP contribution in [0.25, 0.3) is 0 Å². The van der Waals surface area contributed by atoms with Crippen LogP contribution in [-0.2, 0) is 22.3 Å². The minimum Gasteiger partial charge on any atom is -0.480 e. The molecule has 0 fully saturated rings. The number of nitrogen functional groups attached to an aromatic ring is 1. The van der Waals surface area contributed by atoms with Crippen molar-refractivity contribution in [2.24, 2.45) is 0 Å². The Labute approximate surface area is 188 Å². The van der Waals surface area contributed by atoms with Crippen molar-refractivity contribution in [3.05, 3.63) is 64.2 Å². The molecule has 0 unspecified atom stereocenters. The van der Waals surface area contributed by atoms with Crippen LogP contribution in [0.4, 0.5) is 18.9 Å². The van der Waals surface area contributed by atoms with Crippen LogP contribution in [-0.4, -0.2) is 42.0 Å². The van der Waals surface area contributed by atoms with E-state index >= 15 is 0 Å². The van der Waals surface area contributed by atoms with Gasteiger partial charge in [0, 0.05) is 18.8 Å². The number of amides is 2. The fraction of sp³-hybridized carbons (Fsp3) is 0.318. The second-order valence-electron chi connectivity index (χ2n) is 7.50. The first-order valence-corrected chi connectivity index (χ1v) is 9.92. The number of hydrogen-bond donors (Lipinski definition) is 5. The van der Waals surface area contributed by atoms with Gasteiger partial charge in [0.05, 0.1) is 17.7 Å². The highest BCUT2D eigenvalue weighted by Crippen LogP contribution is 2.31. The van der Waals surface area contributed by atoms with Gasteiger partial charge in [-0.3, -0.25) is 9.59 Å². The summed E-state index contributed by atoms with van der Waals surface area (Å²) in [5, 5.41) is 16.7. The molecule has 0 aliphatic carbocycles. The number of carboxylic acid groups (broad SMARTS) is 1. The fourth-order valence-electron chi connectivity index (χ4n) is 3.03. The largest absolute Gasteiger partial charge is 0.480 e. The molecule has 6 N–H and O–H groups in total. The lowest BCUT2D eigenvalue weighted by molar-refractivity contribution is -0.141. The van der Waals surface area contributed by atoms with Crippen LogP contribution < -0.4 is 21.7 Å². The third-order valence-corrected chi connectivity index (χ3v) is 4.83. The summed E-state index contributed by atoms with van der Waals surface area (Å²) in [5.41, 5.74) is 6.98. The monoisotopic (exact) mass is 466 g/mol. The van der Waals surface area contributed by atoms with E-state index in [9.17, 15) is 32.7 Å². The predicted octanol–water partition coefficient (Wildman–Crippen LogP) is 1.99. The molecule has 2 amide bonds. The van der Waals surface area contributed by atoms with Crippen molar-refractivity contribution in [1.29, 1.82) is 0 Å². The van der Waals surface area contributed by atoms with Crippen LogP contribution in [0.5, 0.6) is 0 Å². The third kappa shape index (κ3) is 7.49. The first-order valence-electron chi connectivity index (χ1n) is 9.92. The minimum absolute atomic E-state index is 0.0804. The Bertz CT molecular complexity index is 1040. The maximum atomic E-state index is 12.8. The van der Waals surface area contributed by atoms with Crippen molar-refractivity contribution in [1.82, 2.24) is 16.0 Å². The highest BCUT2D eigenvalue weighted by molar-refractivity contribution is 6.01. The molecule has 0 aliphatic rings. The van der Waals surface area contributed by atoms with Gasteiger partial charge in [0.2, 0.25) is 5.91 Å². The van der Waals surface area contributed by atoms with Crippen LogP contribution in [0.3, 0.4) is 0 Å². The van der Waals surface area contributed by atoms with Crippen LogP contribution >= 0.6 is 0 Å². The number of carbonyl (C=O) groups excluding carboxylic acids is 2. The number of carboxylic acids is 1. The molecule has 0 aliphatic heterocycles. The summed E-state index contributed by atoms with van der Waals surface area (Å²) in [7, 11) is 0. The molecule has 0 bridgehead atoms. The molecule has 8 nitrogen and oxygen atoms in total. The van der Waals surface area contributed by atoms with Crippen molar-refractivity contribution in [2.45, 2.75) is 32.6 Å². The quantitative estimate of drug-likeness (QED) is 0.359. The van der Waals surface area contributed by atoms with Gasteiger partial charge in [-0.2, -0.15) is 13.2 Å². The molecular weight excluding hydrogens is 441 g/mol. The molecule has 0 spiro atoms. The van der Waals surface area contributed by atoms with Gasteiger partial charge in [0.1, 0.15) is 6.04 Å². The first kappa shape index (κ1) is 25.7. The van der Waals surface area contributed by atoms with E-state index in [1.807, 2.05) is 32.0 Å². The van der Waals surface area contributed by atoms with Gasteiger partial charge in [-0.15, -0.1) is 0 Å². The molecular formula is C22H25F3N4O4. The summed E-state index contributed by atoms with van der Waals surface area (Å²) in [4.78, 5) is 35.7. The zero-order valence-electron chi connectivity index (χ0n) is 18.0. The molecule has 0 saturated carbocycles. The molecule has 178 valence electrons. The Morgan fingerprint density at radius 1 is 1.09 bits per heavy atom.